The summed E-state index contributed by atoms with van der Waals surface area (Å²) in [6, 6.07) is 15.5. The Bertz CT molecular complexity index is 2350. The zero-order chi connectivity index (χ0) is 53.5. The molecule has 14 nitrogen and oxygen atoms in total. The standard InChI is InChI=1S/C58H75FO14/c1-9-12-13-16-40-19-21-41(22-20-40)42-23-25-43(26-24-42)44-27-28-47(50(59)32-44)49-31-45(17-14-29-69-56(65)38(4)5)55(48(46(49)10-2)18-15-30-70-57(66)39(6)60)73-37-58(11-3,35-71-53(63)33-51(61)67-7)36-72-54(64)34-52(62)68-8/h23-28,31-32,40-41H,4,9-22,29-30,33-37H2,1-3,5-8H3. The normalized spacial score (nSPS) is 14.4. The molecule has 3 aromatic carbocycles. The first-order chi connectivity index (χ1) is 35.0. The number of benzene rings is 3. The molecule has 0 amide bonds. The molecule has 1 fully saturated rings. The number of rotatable bonds is 30. The molecule has 0 radical (unpaired) electrons. The van der Waals surface area contributed by atoms with Crippen molar-refractivity contribution in [1.82, 2.24) is 0 Å². The highest BCUT2D eigenvalue weighted by atomic mass is 19.1. The second-order valence-corrected chi connectivity index (χ2v) is 19.0. The highest BCUT2D eigenvalue weighted by molar-refractivity contribution is 6.32. The van der Waals surface area contributed by atoms with E-state index in [0.717, 1.165) is 38.2 Å². The zero-order valence-electron chi connectivity index (χ0n) is 43.9. The van der Waals surface area contributed by atoms with E-state index in [9.17, 15) is 33.6 Å². The van der Waals surface area contributed by atoms with Crippen molar-refractivity contribution in [3.63, 3.8) is 0 Å². The van der Waals surface area contributed by atoms with Crippen molar-refractivity contribution in [1.29, 1.82) is 0 Å². The molecule has 0 heterocycles. The fraction of sp³-hybridized carbons (Fsp3) is 0.534. The fourth-order valence-electron chi connectivity index (χ4n) is 9.09. The average molecular weight is 1020 g/mol. The Labute approximate surface area is 430 Å². The number of ether oxygens (including phenoxy) is 7. The van der Waals surface area contributed by atoms with Gasteiger partial charge < -0.3 is 33.2 Å². The van der Waals surface area contributed by atoms with Crippen molar-refractivity contribution >= 4 is 41.6 Å². The Morgan fingerprint density at radius 3 is 1.77 bits per heavy atom. The van der Waals surface area contributed by atoms with E-state index in [1.54, 1.807) is 19.9 Å². The molecule has 0 spiro atoms. The van der Waals surface area contributed by atoms with E-state index >= 15 is 4.39 Å². The third-order valence-corrected chi connectivity index (χ3v) is 13.6. The first kappa shape index (κ1) is 59.2. The number of halogens is 1. The summed E-state index contributed by atoms with van der Waals surface area (Å²) >= 11 is 0. The topological polar surface area (TPSA) is 184 Å². The van der Waals surface area contributed by atoms with Crippen LogP contribution < -0.4 is 4.74 Å². The summed E-state index contributed by atoms with van der Waals surface area (Å²) in [5, 5.41) is 0. The van der Waals surface area contributed by atoms with Crippen LogP contribution in [0.1, 0.15) is 146 Å². The molecule has 0 aliphatic heterocycles. The third kappa shape index (κ3) is 18.3. The van der Waals surface area contributed by atoms with Gasteiger partial charge in [-0.3, -0.25) is 24.0 Å². The molecule has 0 saturated heterocycles. The molecule has 1 saturated carbocycles. The lowest BCUT2D eigenvalue weighted by Crippen LogP contribution is -2.40. The number of esters is 6. The van der Waals surface area contributed by atoms with Crippen molar-refractivity contribution in [3.8, 4) is 28.0 Å². The maximum Gasteiger partial charge on any atom is 0.374 e. The summed E-state index contributed by atoms with van der Waals surface area (Å²) in [7, 11) is 2.26. The monoisotopic (exact) mass is 1010 g/mol. The van der Waals surface area contributed by atoms with Crippen LogP contribution in [-0.2, 0) is 81.2 Å². The van der Waals surface area contributed by atoms with Crippen LogP contribution in [0.2, 0.25) is 0 Å². The van der Waals surface area contributed by atoms with E-state index in [4.69, 9.17) is 23.7 Å². The molecular formula is C58H75FO14. The fourth-order valence-corrected chi connectivity index (χ4v) is 9.09. The van der Waals surface area contributed by atoms with Gasteiger partial charge in [-0.1, -0.05) is 89.4 Å². The first-order valence-electron chi connectivity index (χ1n) is 25.6. The second-order valence-electron chi connectivity index (χ2n) is 19.0. The second kappa shape index (κ2) is 30.0. The molecule has 3 aromatic rings. The average Bonchev–Trinajstić information content (AvgIpc) is 3.38. The van der Waals surface area contributed by atoms with Gasteiger partial charge in [0.1, 0.15) is 44.2 Å². The number of hydrogen-bond donors (Lipinski definition) is 0. The lowest BCUT2D eigenvalue weighted by Gasteiger charge is -2.33. The van der Waals surface area contributed by atoms with Gasteiger partial charge in [-0.2, -0.15) is 0 Å². The minimum Gasteiger partial charge on any atom is -0.492 e. The number of unbranched alkanes of at least 4 members (excludes halogenated alkanes) is 2. The van der Waals surface area contributed by atoms with Gasteiger partial charge in [0.25, 0.3) is 0 Å². The molecule has 1 aliphatic rings. The maximum absolute atomic E-state index is 16.9. The summed E-state index contributed by atoms with van der Waals surface area (Å²) in [5.74, 6) is -4.51. The highest BCUT2D eigenvalue weighted by Crippen LogP contribution is 2.42. The number of carbonyl (C=O) groups is 7. The Morgan fingerprint density at radius 2 is 1.23 bits per heavy atom. The molecule has 73 heavy (non-hydrogen) atoms. The summed E-state index contributed by atoms with van der Waals surface area (Å²) in [6.07, 6.45) is 10.3. The number of hydrogen-bond acceptors (Lipinski definition) is 14. The van der Waals surface area contributed by atoms with Crippen molar-refractivity contribution < 1.29 is 71.1 Å². The predicted molar refractivity (Wildman–Crippen MR) is 273 cm³/mol. The summed E-state index contributed by atoms with van der Waals surface area (Å²) < 4.78 is 54.7. The van der Waals surface area contributed by atoms with Crippen LogP contribution in [0, 0.1) is 17.2 Å². The summed E-state index contributed by atoms with van der Waals surface area (Å²) in [6.45, 7) is 11.1. The molecule has 398 valence electrons. The van der Waals surface area contributed by atoms with Gasteiger partial charge in [-0.25, -0.2) is 14.0 Å². The number of ketones is 1. The van der Waals surface area contributed by atoms with Crippen molar-refractivity contribution in [2.45, 2.75) is 143 Å². The SMILES string of the molecule is C=C(C)C(=O)OCCCc1cc(-c2ccc(-c3ccc(C4CCC(CCCCC)CC4)cc3)cc2F)c(CC)c(CCCOC(=O)C(C)=O)c1OCC(CC)(COC(=O)CC(=O)OC)COC(=O)CC(=O)OC. The number of methoxy groups -OCH3 is 2. The van der Waals surface area contributed by atoms with Gasteiger partial charge in [-0.15, -0.1) is 0 Å². The number of Topliss-reactive ketones (excluding diaryl/α,β-unsaturated/α-hetero) is 1. The molecule has 1 aliphatic carbocycles. The Hall–Kier alpha value is -6.38. The van der Waals surface area contributed by atoms with Crippen LogP contribution in [0.15, 0.2) is 60.7 Å². The molecular weight excluding hydrogens is 940 g/mol. The minimum absolute atomic E-state index is 0.0136. The summed E-state index contributed by atoms with van der Waals surface area (Å²) in [5.41, 5.74) is 4.76. The minimum atomic E-state index is -1.25. The van der Waals surface area contributed by atoms with Gasteiger partial charge in [0.15, 0.2) is 0 Å². The van der Waals surface area contributed by atoms with Crippen LogP contribution in [0.5, 0.6) is 5.75 Å². The van der Waals surface area contributed by atoms with Crippen molar-refractivity contribution in [3.05, 3.63) is 88.8 Å². The van der Waals surface area contributed by atoms with Crippen LogP contribution in [-0.4, -0.2) is 88.9 Å². The van der Waals surface area contributed by atoms with Gasteiger partial charge in [0.05, 0.1) is 32.8 Å². The molecule has 15 heteroatoms. The van der Waals surface area contributed by atoms with E-state index in [1.807, 2.05) is 19.1 Å². The Balaban J connectivity index is 1.79. The van der Waals surface area contributed by atoms with E-state index in [0.29, 0.717) is 52.3 Å². The first-order valence-corrected chi connectivity index (χ1v) is 25.6. The molecule has 4 rings (SSSR count). The van der Waals surface area contributed by atoms with Crippen LogP contribution in [0.4, 0.5) is 4.39 Å². The largest absolute Gasteiger partial charge is 0.492 e. The van der Waals surface area contributed by atoms with Crippen LogP contribution >= 0.6 is 0 Å². The number of carbonyl (C=O) groups excluding carboxylic acids is 7. The van der Waals surface area contributed by atoms with E-state index in [-0.39, 0.29) is 64.3 Å². The zero-order valence-corrected chi connectivity index (χ0v) is 43.9. The van der Waals surface area contributed by atoms with Crippen molar-refractivity contribution in [2.24, 2.45) is 11.3 Å². The van der Waals surface area contributed by atoms with Crippen molar-refractivity contribution in [2.75, 3.05) is 47.3 Å². The Kier molecular flexibility index (Phi) is 24.3. The van der Waals surface area contributed by atoms with Gasteiger partial charge >= 0.3 is 35.8 Å². The lowest BCUT2D eigenvalue weighted by molar-refractivity contribution is -0.160. The van der Waals surface area contributed by atoms with Crippen LogP contribution in [0.3, 0.4) is 0 Å². The lowest BCUT2D eigenvalue weighted by atomic mass is 9.77. The molecule has 0 atom stereocenters. The quantitative estimate of drug-likeness (QED) is 0.0153. The Morgan fingerprint density at radius 1 is 0.644 bits per heavy atom. The van der Waals surface area contributed by atoms with Gasteiger partial charge in [0, 0.05) is 18.1 Å². The van der Waals surface area contributed by atoms with E-state index in [1.165, 1.54) is 63.0 Å². The summed E-state index contributed by atoms with van der Waals surface area (Å²) in [4.78, 5) is 85.8. The molecule has 0 aromatic heterocycles. The molecule has 0 N–H and O–H groups in total. The van der Waals surface area contributed by atoms with E-state index < -0.39 is 65.7 Å². The van der Waals surface area contributed by atoms with E-state index in [2.05, 4.69) is 47.2 Å². The maximum atomic E-state index is 16.9. The number of aryl methyl sites for hydroxylation is 1. The van der Waals surface area contributed by atoms with Crippen LogP contribution in [0.25, 0.3) is 22.3 Å². The molecule has 0 unspecified atom stereocenters. The smallest absolute Gasteiger partial charge is 0.374 e. The predicted octanol–water partition coefficient (Wildman–Crippen LogP) is 10.7. The highest BCUT2D eigenvalue weighted by Gasteiger charge is 2.35. The van der Waals surface area contributed by atoms with Gasteiger partial charge in [-0.05, 0) is 134 Å². The third-order valence-electron chi connectivity index (χ3n) is 13.6. The van der Waals surface area contributed by atoms with Gasteiger partial charge in [0.2, 0.25) is 5.78 Å². The molecule has 0 bridgehead atoms.